The highest BCUT2D eigenvalue weighted by atomic mass is 16.1. The Kier molecular flexibility index (Phi) is 2.84. The Morgan fingerprint density at radius 2 is 2.31 bits per heavy atom. The number of carbonyl (C=O) groups is 1. The lowest BCUT2D eigenvalue weighted by molar-refractivity contribution is -0.118. The average Bonchev–Trinajstić information content (AvgIpc) is 2.08. The summed E-state index contributed by atoms with van der Waals surface area (Å²) >= 11 is 0. The van der Waals surface area contributed by atoms with E-state index in [-0.39, 0.29) is 11.8 Å². The van der Waals surface area contributed by atoms with Gasteiger partial charge in [-0.2, -0.15) is 0 Å². The molecule has 1 heterocycles. The quantitative estimate of drug-likeness (QED) is 0.718. The normalized spacial score (nSPS) is 10.1. The molecule has 1 amide bonds. The van der Waals surface area contributed by atoms with Crippen LogP contribution < -0.4 is 11.1 Å². The maximum Gasteiger partial charge on any atom is 0.226 e. The molecule has 4 heteroatoms. The molecule has 0 radical (unpaired) electrons. The number of nitrogens with zero attached hydrogens (tertiary/aromatic N) is 1. The summed E-state index contributed by atoms with van der Waals surface area (Å²) in [5, 5.41) is 2.71. The fraction of sp³-hybridized carbons (Fsp3) is 0.333. The minimum absolute atomic E-state index is 0.0436. The van der Waals surface area contributed by atoms with Crippen molar-refractivity contribution in [1.82, 2.24) is 4.98 Å². The number of carbonyl (C=O) groups excluding carboxylic acids is 1. The third kappa shape index (κ3) is 2.43. The van der Waals surface area contributed by atoms with Gasteiger partial charge in [0.1, 0.15) is 0 Å². The molecule has 1 aromatic rings. The van der Waals surface area contributed by atoms with Gasteiger partial charge in [-0.3, -0.25) is 9.78 Å². The van der Waals surface area contributed by atoms with Crippen LogP contribution in [0.2, 0.25) is 0 Å². The predicted molar refractivity (Wildman–Crippen MR) is 52.1 cm³/mol. The molecule has 3 N–H and O–H groups in total. The fourth-order valence-corrected chi connectivity index (χ4v) is 0.798. The van der Waals surface area contributed by atoms with E-state index in [1.807, 2.05) is 13.8 Å². The van der Waals surface area contributed by atoms with Gasteiger partial charge >= 0.3 is 0 Å². The highest BCUT2D eigenvalue weighted by molar-refractivity contribution is 5.94. The van der Waals surface area contributed by atoms with E-state index in [1.54, 1.807) is 12.3 Å². The molecule has 13 heavy (non-hydrogen) atoms. The van der Waals surface area contributed by atoms with E-state index < -0.39 is 0 Å². The number of nitrogen functional groups attached to an aromatic ring is 1. The van der Waals surface area contributed by atoms with Gasteiger partial charge in [0, 0.05) is 12.1 Å². The molecule has 0 saturated heterocycles. The molecule has 0 saturated carbocycles. The summed E-state index contributed by atoms with van der Waals surface area (Å²) in [5.74, 6) is -0.0922. The topological polar surface area (TPSA) is 68.0 Å². The molecule has 0 aliphatic rings. The van der Waals surface area contributed by atoms with Crippen molar-refractivity contribution in [2.75, 3.05) is 11.1 Å². The lowest BCUT2D eigenvalue weighted by atomic mass is 10.2. The molecule has 1 rings (SSSR count). The zero-order chi connectivity index (χ0) is 9.84. The van der Waals surface area contributed by atoms with Gasteiger partial charge in [0.25, 0.3) is 0 Å². The van der Waals surface area contributed by atoms with E-state index in [0.29, 0.717) is 11.4 Å². The van der Waals surface area contributed by atoms with Crippen LogP contribution in [0.3, 0.4) is 0 Å². The van der Waals surface area contributed by atoms with Gasteiger partial charge in [0.2, 0.25) is 5.91 Å². The zero-order valence-electron chi connectivity index (χ0n) is 7.74. The molecule has 1 aromatic heterocycles. The van der Waals surface area contributed by atoms with E-state index in [9.17, 15) is 4.79 Å². The van der Waals surface area contributed by atoms with Gasteiger partial charge < -0.3 is 11.1 Å². The highest BCUT2D eigenvalue weighted by Gasteiger charge is 2.08. The van der Waals surface area contributed by atoms with Crippen molar-refractivity contribution in [3.8, 4) is 0 Å². The number of hydrogen-bond acceptors (Lipinski definition) is 3. The van der Waals surface area contributed by atoms with Crippen LogP contribution in [-0.4, -0.2) is 10.9 Å². The number of aromatic nitrogens is 1. The second-order valence-corrected chi connectivity index (χ2v) is 3.11. The zero-order valence-corrected chi connectivity index (χ0v) is 7.74. The van der Waals surface area contributed by atoms with Gasteiger partial charge in [-0.1, -0.05) is 13.8 Å². The summed E-state index contributed by atoms with van der Waals surface area (Å²) in [5.41, 5.74) is 6.69. The molecule has 4 nitrogen and oxygen atoms in total. The number of amides is 1. The molecule has 0 bridgehead atoms. The number of nitrogens with one attached hydrogen (secondary N) is 1. The van der Waals surface area contributed by atoms with Crippen molar-refractivity contribution >= 4 is 17.3 Å². The Bertz CT molecular complexity index is 309. The first kappa shape index (κ1) is 9.51. The minimum atomic E-state index is -0.0486. The van der Waals surface area contributed by atoms with Crippen LogP contribution in [0.4, 0.5) is 11.4 Å². The van der Waals surface area contributed by atoms with Gasteiger partial charge in [-0.25, -0.2) is 0 Å². The largest absolute Gasteiger partial charge is 0.396 e. The van der Waals surface area contributed by atoms with Gasteiger partial charge in [0.15, 0.2) is 0 Å². The summed E-state index contributed by atoms with van der Waals surface area (Å²) in [6.45, 7) is 3.65. The van der Waals surface area contributed by atoms with Gasteiger partial charge in [0.05, 0.1) is 17.6 Å². The van der Waals surface area contributed by atoms with Crippen molar-refractivity contribution in [2.45, 2.75) is 13.8 Å². The van der Waals surface area contributed by atoms with Crippen LogP contribution in [0.1, 0.15) is 13.8 Å². The number of nitrogens with two attached hydrogens (primary N) is 1. The highest BCUT2D eigenvalue weighted by Crippen LogP contribution is 2.15. The van der Waals surface area contributed by atoms with Crippen LogP contribution in [0.15, 0.2) is 18.5 Å². The van der Waals surface area contributed by atoms with Crippen LogP contribution in [0.25, 0.3) is 0 Å². The molecule has 0 atom stereocenters. The van der Waals surface area contributed by atoms with Crippen LogP contribution >= 0.6 is 0 Å². The average molecular weight is 179 g/mol. The third-order valence-corrected chi connectivity index (χ3v) is 1.63. The Morgan fingerprint density at radius 3 is 2.85 bits per heavy atom. The van der Waals surface area contributed by atoms with Crippen molar-refractivity contribution in [1.29, 1.82) is 0 Å². The van der Waals surface area contributed by atoms with E-state index in [4.69, 9.17) is 5.73 Å². The molecule has 0 fully saturated rings. The van der Waals surface area contributed by atoms with E-state index in [0.717, 1.165) is 0 Å². The number of pyridine rings is 1. The second kappa shape index (κ2) is 3.89. The number of anilines is 2. The summed E-state index contributed by atoms with van der Waals surface area (Å²) in [6.07, 6.45) is 3.10. The first-order chi connectivity index (χ1) is 6.11. The standard InChI is InChI=1S/C9H13N3O/c1-6(2)9(13)12-8-3-4-11-5-7(8)10/h3-6H,10H2,1-2H3,(H,11,12,13). The maximum absolute atomic E-state index is 11.3. The Morgan fingerprint density at radius 1 is 1.62 bits per heavy atom. The smallest absolute Gasteiger partial charge is 0.226 e. The molecule has 0 aromatic carbocycles. The third-order valence-electron chi connectivity index (χ3n) is 1.63. The van der Waals surface area contributed by atoms with Crippen LogP contribution in [0.5, 0.6) is 0 Å². The SMILES string of the molecule is CC(C)C(=O)Nc1ccncc1N. The summed E-state index contributed by atoms with van der Waals surface area (Å²) in [4.78, 5) is 15.1. The number of rotatable bonds is 2. The minimum Gasteiger partial charge on any atom is -0.396 e. The first-order valence-corrected chi connectivity index (χ1v) is 4.11. The summed E-state index contributed by atoms with van der Waals surface area (Å²) in [7, 11) is 0. The molecular weight excluding hydrogens is 166 g/mol. The maximum atomic E-state index is 11.3. The fourth-order valence-electron chi connectivity index (χ4n) is 0.798. The van der Waals surface area contributed by atoms with Crippen molar-refractivity contribution in [3.05, 3.63) is 18.5 Å². The molecular formula is C9H13N3O. The Labute approximate surface area is 77.2 Å². The molecule has 0 aliphatic heterocycles. The van der Waals surface area contributed by atoms with Crippen molar-refractivity contribution < 1.29 is 4.79 Å². The van der Waals surface area contributed by atoms with E-state index >= 15 is 0 Å². The van der Waals surface area contributed by atoms with Crippen LogP contribution in [-0.2, 0) is 4.79 Å². The van der Waals surface area contributed by atoms with Gasteiger partial charge in [-0.15, -0.1) is 0 Å². The lowest BCUT2D eigenvalue weighted by Crippen LogP contribution is -2.18. The van der Waals surface area contributed by atoms with Gasteiger partial charge in [-0.05, 0) is 6.07 Å². The lowest BCUT2D eigenvalue weighted by Gasteiger charge is -2.08. The summed E-state index contributed by atoms with van der Waals surface area (Å²) in [6, 6.07) is 1.68. The Hall–Kier alpha value is -1.58. The van der Waals surface area contributed by atoms with Crippen molar-refractivity contribution in [2.24, 2.45) is 5.92 Å². The first-order valence-electron chi connectivity index (χ1n) is 4.11. The number of hydrogen-bond donors (Lipinski definition) is 2. The molecule has 0 aliphatic carbocycles. The van der Waals surface area contributed by atoms with E-state index in [2.05, 4.69) is 10.3 Å². The van der Waals surface area contributed by atoms with Crippen LogP contribution in [0, 0.1) is 5.92 Å². The molecule has 70 valence electrons. The second-order valence-electron chi connectivity index (χ2n) is 3.11. The summed E-state index contributed by atoms with van der Waals surface area (Å²) < 4.78 is 0. The Balaban J connectivity index is 2.75. The molecule has 0 spiro atoms. The predicted octanol–water partition coefficient (Wildman–Crippen LogP) is 1.26. The van der Waals surface area contributed by atoms with Crippen molar-refractivity contribution in [3.63, 3.8) is 0 Å². The molecule has 0 unspecified atom stereocenters. The van der Waals surface area contributed by atoms with E-state index in [1.165, 1.54) is 6.20 Å². The monoisotopic (exact) mass is 179 g/mol.